The van der Waals surface area contributed by atoms with Crippen LogP contribution in [0.1, 0.15) is 16.8 Å². The molecule has 22 heavy (non-hydrogen) atoms. The van der Waals surface area contributed by atoms with Gasteiger partial charge in [-0.25, -0.2) is 4.98 Å². The minimum Gasteiger partial charge on any atom is -0.492 e. The second-order valence-electron chi connectivity index (χ2n) is 4.53. The number of anilines is 1. The van der Waals surface area contributed by atoms with Gasteiger partial charge in [-0.05, 0) is 0 Å². The van der Waals surface area contributed by atoms with Gasteiger partial charge in [0.15, 0.2) is 0 Å². The Balaban J connectivity index is 2.07. The van der Waals surface area contributed by atoms with E-state index in [-0.39, 0.29) is 17.7 Å². The van der Waals surface area contributed by atoms with Crippen molar-refractivity contribution in [3.63, 3.8) is 0 Å². The summed E-state index contributed by atoms with van der Waals surface area (Å²) < 4.78 is 5.65. The van der Waals surface area contributed by atoms with Crippen molar-refractivity contribution in [3.8, 4) is 5.88 Å². The van der Waals surface area contributed by atoms with Gasteiger partial charge in [0.2, 0.25) is 11.8 Å². The zero-order chi connectivity index (χ0) is 16.1. The monoisotopic (exact) mass is 324 g/mol. The molecule has 0 aliphatic heterocycles. The van der Waals surface area contributed by atoms with Crippen molar-refractivity contribution in [2.45, 2.75) is 6.42 Å². The number of likely N-dealkylation sites (N-methyl/N-ethyl adjacent to an activating group) is 1. The number of aromatic hydroxyl groups is 1. The summed E-state index contributed by atoms with van der Waals surface area (Å²) in [5.74, 6) is -0.563. The molecule has 1 amide bonds. The Morgan fingerprint density at radius 1 is 1.50 bits per heavy atom. The highest BCUT2D eigenvalue weighted by molar-refractivity contribution is 7.17. The van der Waals surface area contributed by atoms with Gasteiger partial charge >= 0.3 is 0 Å². The number of nitrogens with two attached hydrogens (primary N) is 1. The summed E-state index contributed by atoms with van der Waals surface area (Å²) >= 11 is 1.18. The molecule has 0 aliphatic rings. The van der Waals surface area contributed by atoms with Gasteiger partial charge < -0.3 is 25.3 Å². The summed E-state index contributed by atoms with van der Waals surface area (Å²) in [6, 6.07) is 0. The number of aldehydes is 1. The van der Waals surface area contributed by atoms with Crippen LogP contribution in [0.5, 0.6) is 5.88 Å². The molecule has 0 saturated carbocycles. The number of fused-ring (bicyclic) bond motifs is 1. The number of carbonyl (C=O) groups is 2. The van der Waals surface area contributed by atoms with Gasteiger partial charge in [-0.15, -0.1) is 11.3 Å². The number of hydrogen-bond donors (Lipinski definition) is 2. The van der Waals surface area contributed by atoms with E-state index in [1.807, 2.05) is 0 Å². The van der Waals surface area contributed by atoms with Gasteiger partial charge in [-0.1, -0.05) is 0 Å². The van der Waals surface area contributed by atoms with Gasteiger partial charge in [0.1, 0.15) is 16.5 Å². The zero-order valence-corrected chi connectivity index (χ0v) is 12.8. The van der Waals surface area contributed by atoms with Crippen molar-refractivity contribution in [1.82, 2.24) is 14.9 Å². The first kappa shape index (κ1) is 16.1. The van der Waals surface area contributed by atoms with Crippen LogP contribution in [0.4, 0.5) is 5.95 Å². The maximum absolute atomic E-state index is 12.4. The molecular formula is C13H16N4O4S. The van der Waals surface area contributed by atoms with E-state index < -0.39 is 0 Å². The van der Waals surface area contributed by atoms with Crippen molar-refractivity contribution < 1.29 is 19.4 Å². The molecule has 2 heterocycles. The Bertz CT molecular complexity index is 688. The number of rotatable bonds is 7. The topological polar surface area (TPSA) is 119 Å². The second-order valence-corrected chi connectivity index (χ2v) is 5.41. The summed E-state index contributed by atoms with van der Waals surface area (Å²) in [7, 11) is 1.64. The van der Waals surface area contributed by atoms with Gasteiger partial charge in [0, 0.05) is 25.4 Å². The summed E-state index contributed by atoms with van der Waals surface area (Å²) in [4.78, 5) is 31.7. The molecule has 0 bridgehead atoms. The van der Waals surface area contributed by atoms with E-state index in [0.717, 1.165) is 6.29 Å². The molecule has 0 fully saturated rings. The smallest absolute Gasteiger partial charge is 0.256 e. The lowest BCUT2D eigenvalue weighted by atomic mass is 10.2. The van der Waals surface area contributed by atoms with E-state index in [2.05, 4.69) is 9.97 Å². The minimum absolute atomic E-state index is 0.0858. The van der Waals surface area contributed by atoms with Crippen LogP contribution in [-0.2, 0) is 9.53 Å². The molecule has 8 nitrogen and oxygen atoms in total. The van der Waals surface area contributed by atoms with E-state index in [9.17, 15) is 14.7 Å². The molecule has 3 N–H and O–H groups in total. The predicted octanol–water partition coefficient (Wildman–Crippen LogP) is 0.657. The zero-order valence-electron chi connectivity index (χ0n) is 12.0. The van der Waals surface area contributed by atoms with E-state index in [1.165, 1.54) is 16.2 Å². The van der Waals surface area contributed by atoms with Gasteiger partial charge in [0.25, 0.3) is 5.91 Å². The maximum atomic E-state index is 12.4. The Kier molecular flexibility index (Phi) is 5.23. The molecule has 2 aromatic heterocycles. The Hall–Kier alpha value is -2.26. The fourth-order valence-electron chi connectivity index (χ4n) is 1.81. The molecule has 9 heteroatoms. The van der Waals surface area contributed by atoms with Crippen LogP contribution < -0.4 is 5.73 Å². The second kappa shape index (κ2) is 7.14. The van der Waals surface area contributed by atoms with E-state index in [0.29, 0.717) is 42.0 Å². The van der Waals surface area contributed by atoms with E-state index in [1.54, 1.807) is 12.4 Å². The standard InChI is InChI=1S/C13H16N4O4S/c1-17(3-6-21-5-2-4-18)12(20)8-7-22-10-9(8)15-13(14)16-11(10)19/h4,7H,2-3,5-6H2,1H3,(H3,14,15,16,19). The van der Waals surface area contributed by atoms with E-state index in [4.69, 9.17) is 10.5 Å². The molecule has 2 aromatic rings. The lowest BCUT2D eigenvalue weighted by Gasteiger charge is -2.16. The predicted molar refractivity (Wildman–Crippen MR) is 82.0 cm³/mol. The molecule has 2 rings (SSSR count). The lowest BCUT2D eigenvalue weighted by molar-refractivity contribution is -0.108. The molecule has 0 atom stereocenters. The average Bonchev–Trinajstić information content (AvgIpc) is 2.90. The third-order valence-electron chi connectivity index (χ3n) is 2.94. The number of amides is 1. The Morgan fingerprint density at radius 3 is 3.00 bits per heavy atom. The summed E-state index contributed by atoms with van der Waals surface area (Å²) in [5.41, 5.74) is 6.21. The first-order valence-electron chi connectivity index (χ1n) is 6.55. The van der Waals surface area contributed by atoms with Crippen LogP contribution in [0.2, 0.25) is 0 Å². The molecule has 0 radical (unpaired) electrons. The molecule has 0 aliphatic carbocycles. The Labute approximate surface area is 130 Å². The molecule has 0 unspecified atom stereocenters. The molecule has 0 aromatic carbocycles. The third kappa shape index (κ3) is 3.49. The third-order valence-corrected chi connectivity index (χ3v) is 3.91. The van der Waals surface area contributed by atoms with Crippen LogP contribution in [-0.4, -0.2) is 59.0 Å². The van der Waals surface area contributed by atoms with E-state index >= 15 is 0 Å². The van der Waals surface area contributed by atoms with Gasteiger partial charge in [0.05, 0.1) is 18.8 Å². The Morgan fingerprint density at radius 2 is 2.27 bits per heavy atom. The normalized spacial score (nSPS) is 10.8. The average molecular weight is 324 g/mol. The fraction of sp³-hybridized carbons (Fsp3) is 0.385. The first-order valence-corrected chi connectivity index (χ1v) is 7.43. The quantitative estimate of drug-likeness (QED) is 0.567. The van der Waals surface area contributed by atoms with Crippen molar-refractivity contribution in [1.29, 1.82) is 0 Å². The van der Waals surface area contributed by atoms with Crippen LogP contribution in [0, 0.1) is 0 Å². The lowest BCUT2D eigenvalue weighted by Crippen LogP contribution is -2.30. The number of thiophene rings is 1. The highest BCUT2D eigenvalue weighted by Crippen LogP contribution is 2.31. The van der Waals surface area contributed by atoms with Crippen LogP contribution in [0.15, 0.2) is 5.38 Å². The summed E-state index contributed by atoms with van der Waals surface area (Å²) in [6.07, 6.45) is 1.12. The van der Waals surface area contributed by atoms with Crippen molar-refractivity contribution >= 4 is 39.7 Å². The largest absolute Gasteiger partial charge is 0.492 e. The SMILES string of the molecule is CN(CCOCCC=O)C(=O)c1csc2c(O)nc(N)nc12. The highest BCUT2D eigenvalue weighted by Gasteiger charge is 2.20. The number of hydrogen-bond acceptors (Lipinski definition) is 8. The minimum atomic E-state index is -0.247. The molecule has 0 spiro atoms. The highest BCUT2D eigenvalue weighted by atomic mass is 32.1. The summed E-state index contributed by atoms with van der Waals surface area (Å²) in [5, 5.41) is 11.3. The van der Waals surface area contributed by atoms with Gasteiger partial charge in [-0.2, -0.15) is 4.98 Å². The van der Waals surface area contributed by atoms with Crippen molar-refractivity contribution in [2.24, 2.45) is 0 Å². The maximum Gasteiger partial charge on any atom is 0.256 e. The number of aromatic nitrogens is 2. The van der Waals surface area contributed by atoms with Crippen molar-refractivity contribution in [3.05, 3.63) is 10.9 Å². The molecular weight excluding hydrogens is 308 g/mol. The van der Waals surface area contributed by atoms with Crippen LogP contribution in [0.25, 0.3) is 10.2 Å². The number of carbonyl (C=O) groups excluding carboxylic acids is 2. The summed E-state index contributed by atoms with van der Waals surface area (Å²) in [6.45, 7) is 1.05. The number of nitrogens with zero attached hydrogens (tertiary/aromatic N) is 3. The molecule has 0 saturated heterocycles. The van der Waals surface area contributed by atoms with Crippen LogP contribution >= 0.6 is 11.3 Å². The fourth-order valence-corrected chi connectivity index (χ4v) is 2.68. The number of ether oxygens (including phenoxy) is 1. The first-order chi connectivity index (χ1) is 10.5. The van der Waals surface area contributed by atoms with Crippen molar-refractivity contribution in [2.75, 3.05) is 32.5 Å². The van der Waals surface area contributed by atoms with Gasteiger partial charge in [-0.3, -0.25) is 4.79 Å². The number of nitrogen functional groups attached to an aromatic ring is 1. The molecule has 118 valence electrons. The van der Waals surface area contributed by atoms with Crippen LogP contribution in [0.3, 0.4) is 0 Å².